The zero-order valence-corrected chi connectivity index (χ0v) is 11.1. The Hall–Kier alpha value is -1.39. The molecule has 2 rings (SSSR count). The molecule has 18 heavy (non-hydrogen) atoms. The molecular weight excluding hydrogens is 244 g/mol. The number of nitrogens with two attached hydrogens (primary N) is 1. The Labute approximate surface area is 111 Å². The zero-order chi connectivity index (χ0) is 12.8. The highest BCUT2D eigenvalue weighted by atomic mass is 32.1. The summed E-state index contributed by atoms with van der Waals surface area (Å²) < 4.78 is 1.32. The van der Waals surface area contributed by atoms with Gasteiger partial charge in [-0.25, -0.2) is 0 Å². The first-order chi connectivity index (χ1) is 8.81. The Morgan fingerprint density at radius 2 is 2.17 bits per heavy atom. The molecule has 1 amide bonds. The van der Waals surface area contributed by atoms with Crippen molar-refractivity contribution in [2.75, 3.05) is 13.1 Å². The topological polar surface area (TPSA) is 55.1 Å². The first-order valence-electron chi connectivity index (χ1n) is 6.23. The van der Waals surface area contributed by atoms with Crippen LogP contribution >= 0.6 is 11.3 Å². The third kappa shape index (κ3) is 3.31. The molecule has 1 heterocycles. The lowest BCUT2D eigenvalue weighted by Gasteiger charge is -2.03. The van der Waals surface area contributed by atoms with Gasteiger partial charge in [-0.2, -0.15) is 0 Å². The molecule has 0 atom stereocenters. The number of fused-ring (bicyclic) bond motifs is 1. The Bertz CT molecular complexity index is 521. The van der Waals surface area contributed by atoms with Crippen molar-refractivity contribution in [2.24, 2.45) is 5.73 Å². The maximum Gasteiger partial charge on any atom is 0.220 e. The van der Waals surface area contributed by atoms with Crippen LogP contribution < -0.4 is 11.1 Å². The molecule has 0 fully saturated rings. The highest BCUT2D eigenvalue weighted by molar-refractivity contribution is 7.17. The molecule has 0 spiro atoms. The van der Waals surface area contributed by atoms with E-state index in [1.165, 1.54) is 15.6 Å². The summed E-state index contributed by atoms with van der Waals surface area (Å²) in [6.07, 6.45) is 2.42. The monoisotopic (exact) mass is 262 g/mol. The number of rotatable bonds is 6. The van der Waals surface area contributed by atoms with Crippen molar-refractivity contribution < 1.29 is 4.79 Å². The summed E-state index contributed by atoms with van der Waals surface area (Å²) in [5.41, 5.74) is 6.68. The van der Waals surface area contributed by atoms with E-state index in [1.54, 1.807) is 11.3 Å². The van der Waals surface area contributed by atoms with Crippen molar-refractivity contribution in [3.63, 3.8) is 0 Å². The lowest BCUT2D eigenvalue weighted by atomic mass is 10.1. The van der Waals surface area contributed by atoms with E-state index in [2.05, 4.69) is 35.0 Å². The summed E-state index contributed by atoms with van der Waals surface area (Å²) in [5.74, 6) is 0.0972. The summed E-state index contributed by atoms with van der Waals surface area (Å²) in [7, 11) is 0. The summed E-state index contributed by atoms with van der Waals surface area (Å²) in [4.78, 5) is 11.4. The minimum absolute atomic E-state index is 0.0972. The van der Waals surface area contributed by atoms with E-state index in [-0.39, 0.29) is 5.91 Å². The second kappa shape index (κ2) is 6.52. The fraction of sp³-hybridized carbons (Fsp3) is 0.357. The minimum Gasteiger partial charge on any atom is -0.355 e. The maximum absolute atomic E-state index is 11.4. The molecule has 0 aliphatic heterocycles. The van der Waals surface area contributed by atoms with Crippen molar-refractivity contribution in [3.8, 4) is 0 Å². The molecule has 1 aromatic heterocycles. The van der Waals surface area contributed by atoms with Gasteiger partial charge < -0.3 is 11.1 Å². The minimum atomic E-state index is 0.0972. The first-order valence-corrected chi connectivity index (χ1v) is 7.11. The van der Waals surface area contributed by atoms with Crippen LogP contribution in [0.4, 0.5) is 0 Å². The number of benzene rings is 1. The average Bonchev–Trinajstić information content (AvgIpc) is 2.80. The number of hydrogen-bond acceptors (Lipinski definition) is 3. The van der Waals surface area contributed by atoms with Gasteiger partial charge in [-0.05, 0) is 35.2 Å². The molecule has 0 aliphatic rings. The number of hydrogen-bond donors (Lipinski definition) is 2. The Morgan fingerprint density at radius 1 is 1.33 bits per heavy atom. The van der Waals surface area contributed by atoms with Crippen LogP contribution in [0.5, 0.6) is 0 Å². The Morgan fingerprint density at radius 3 is 3.00 bits per heavy atom. The number of amides is 1. The molecule has 3 N–H and O–H groups in total. The largest absolute Gasteiger partial charge is 0.355 e. The van der Waals surface area contributed by atoms with E-state index in [9.17, 15) is 4.79 Å². The van der Waals surface area contributed by atoms with Crippen molar-refractivity contribution in [1.29, 1.82) is 0 Å². The molecule has 0 radical (unpaired) electrons. The molecule has 0 saturated heterocycles. The highest BCUT2D eigenvalue weighted by Crippen LogP contribution is 2.26. The highest BCUT2D eigenvalue weighted by Gasteiger charge is 2.05. The average molecular weight is 262 g/mol. The normalized spacial score (nSPS) is 10.7. The summed E-state index contributed by atoms with van der Waals surface area (Å²) in [6.45, 7) is 1.07. The predicted molar refractivity (Wildman–Crippen MR) is 76.8 cm³/mol. The quantitative estimate of drug-likeness (QED) is 0.839. The number of nitrogens with one attached hydrogen (secondary N) is 1. The SMILES string of the molecule is NCCNC(=O)CCCc1csc2ccccc12. The molecule has 0 saturated carbocycles. The van der Waals surface area contributed by atoms with Crippen LogP contribution in [0.25, 0.3) is 10.1 Å². The number of carbonyl (C=O) groups excluding carboxylic acids is 1. The number of thiophene rings is 1. The molecule has 0 bridgehead atoms. The van der Waals surface area contributed by atoms with Gasteiger partial charge in [0.2, 0.25) is 5.91 Å². The molecule has 3 nitrogen and oxygen atoms in total. The van der Waals surface area contributed by atoms with Crippen molar-refractivity contribution in [2.45, 2.75) is 19.3 Å². The van der Waals surface area contributed by atoms with Crippen LogP contribution in [0.3, 0.4) is 0 Å². The second-order valence-electron chi connectivity index (χ2n) is 4.25. The lowest BCUT2D eigenvalue weighted by molar-refractivity contribution is -0.121. The van der Waals surface area contributed by atoms with E-state index < -0.39 is 0 Å². The Kier molecular flexibility index (Phi) is 4.73. The zero-order valence-electron chi connectivity index (χ0n) is 10.3. The van der Waals surface area contributed by atoms with Crippen LogP contribution in [0, 0.1) is 0 Å². The van der Waals surface area contributed by atoms with Crippen LogP contribution in [0.1, 0.15) is 18.4 Å². The van der Waals surface area contributed by atoms with Gasteiger partial charge in [-0.1, -0.05) is 18.2 Å². The lowest BCUT2D eigenvalue weighted by Crippen LogP contribution is -2.28. The fourth-order valence-electron chi connectivity index (χ4n) is 1.97. The number of carbonyl (C=O) groups is 1. The van der Waals surface area contributed by atoms with Crippen molar-refractivity contribution in [3.05, 3.63) is 35.2 Å². The summed E-state index contributed by atoms with van der Waals surface area (Å²) >= 11 is 1.77. The van der Waals surface area contributed by atoms with E-state index in [1.807, 2.05) is 0 Å². The Balaban J connectivity index is 1.85. The van der Waals surface area contributed by atoms with Crippen molar-refractivity contribution >= 4 is 27.3 Å². The van der Waals surface area contributed by atoms with E-state index in [0.717, 1.165) is 12.8 Å². The van der Waals surface area contributed by atoms with Gasteiger partial charge in [0.15, 0.2) is 0 Å². The van der Waals surface area contributed by atoms with Crippen LogP contribution in [-0.4, -0.2) is 19.0 Å². The standard InChI is InChI=1S/C14H18N2OS/c15-8-9-16-14(17)7-3-4-11-10-18-13-6-2-1-5-12(11)13/h1-2,5-6,10H,3-4,7-9,15H2,(H,16,17). The maximum atomic E-state index is 11.4. The predicted octanol–water partition coefficient (Wildman–Crippen LogP) is 2.30. The third-order valence-electron chi connectivity index (χ3n) is 2.88. The second-order valence-corrected chi connectivity index (χ2v) is 5.16. The van der Waals surface area contributed by atoms with Gasteiger partial charge >= 0.3 is 0 Å². The fourth-order valence-corrected chi connectivity index (χ4v) is 2.96. The van der Waals surface area contributed by atoms with Crippen LogP contribution in [0.15, 0.2) is 29.6 Å². The van der Waals surface area contributed by atoms with Crippen molar-refractivity contribution in [1.82, 2.24) is 5.32 Å². The molecule has 0 unspecified atom stereocenters. The van der Waals surface area contributed by atoms with E-state index in [0.29, 0.717) is 19.5 Å². The van der Waals surface area contributed by atoms with Crippen LogP contribution in [-0.2, 0) is 11.2 Å². The summed E-state index contributed by atoms with van der Waals surface area (Å²) in [6, 6.07) is 8.41. The molecule has 96 valence electrons. The molecule has 0 aliphatic carbocycles. The first kappa shape index (κ1) is 13.1. The van der Waals surface area contributed by atoms with Gasteiger partial charge in [-0.15, -0.1) is 11.3 Å². The molecule has 1 aromatic carbocycles. The van der Waals surface area contributed by atoms with Gasteiger partial charge in [0.25, 0.3) is 0 Å². The van der Waals surface area contributed by atoms with E-state index >= 15 is 0 Å². The number of aryl methyl sites for hydroxylation is 1. The molecule has 4 heteroatoms. The molecule has 2 aromatic rings. The third-order valence-corrected chi connectivity index (χ3v) is 3.89. The van der Waals surface area contributed by atoms with E-state index in [4.69, 9.17) is 5.73 Å². The summed E-state index contributed by atoms with van der Waals surface area (Å²) in [5, 5.41) is 6.31. The van der Waals surface area contributed by atoms with Crippen LogP contribution in [0.2, 0.25) is 0 Å². The van der Waals surface area contributed by atoms with Gasteiger partial charge in [0.1, 0.15) is 0 Å². The van der Waals surface area contributed by atoms with Gasteiger partial charge in [0.05, 0.1) is 0 Å². The van der Waals surface area contributed by atoms with Gasteiger partial charge in [-0.3, -0.25) is 4.79 Å². The van der Waals surface area contributed by atoms with Gasteiger partial charge in [0, 0.05) is 24.2 Å². The smallest absolute Gasteiger partial charge is 0.220 e. The molecular formula is C14H18N2OS.